The summed E-state index contributed by atoms with van der Waals surface area (Å²) in [4.78, 5) is 29.4. The number of carbonyl (C=O) groups is 2. The third-order valence-corrected chi connectivity index (χ3v) is 5.21. The van der Waals surface area contributed by atoms with Crippen LogP contribution in [0.5, 0.6) is 0 Å². The van der Waals surface area contributed by atoms with Crippen LogP contribution in [0.3, 0.4) is 0 Å². The van der Waals surface area contributed by atoms with Gasteiger partial charge in [0.25, 0.3) is 11.8 Å². The first-order chi connectivity index (χ1) is 16.0. The van der Waals surface area contributed by atoms with E-state index in [1.165, 1.54) is 18.3 Å². The van der Waals surface area contributed by atoms with E-state index in [0.29, 0.717) is 5.02 Å². The number of hydrogen-bond donors (Lipinski definition) is 4. The first-order valence-corrected chi connectivity index (χ1v) is 10.7. The van der Waals surface area contributed by atoms with Gasteiger partial charge in [-0.15, -0.1) is 5.10 Å². The summed E-state index contributed by atoms with van der Waals surface area (Å²) in [5.41, 5.74) is 0.834. The Labute approximate surface area is 194 Å². The largest absolute Gasteiger partial charge is 0.320 e. The first kappa shape index (κ1) is 22.7. The Balaban J connectivity index is 1.48. The van der Waals surface area contributed by atoms with Gasteiger partial charge in [0, 0.05) is 12.7 Å². The lowest BCUT2D eigenvalue weighted by Crippen LogP contribution is -2.28. The van der Waals surface area contributed by atoms with Gasteiger partial charge in [-0.1, -0.05) is 11.6 Å². The number of carbonyl (C=O) groups excluding carboxylic acids is 2. The van der Waals surface area contributed by atoms with Gasteiger partial charge in [-0.2, -0.15) is 5.10 Å². The maximum atomic E-state index is 13.9. The average molecular weight is 470 g/mol. The molecule has 1 unspecified atom stereocenters. The van der Waals surface area contributed by atoms with Gasteiger partial charge in [0.15, 0.2) is 5.69 Å². The lowest BCUT2D eigenvalue weighted by atomic mass is 10.1. The van der Waals surface area contributed by atoms with Crippen molar-refractivity contribution in [2.45, 2.75) is 12.5 Å². The van der Waals surface area contributed by atoms with Gasteiger partial charge < -0.3 is 21.3 Å². The minimum absolute atomic E-state index is 0.00554. The molecule has 3 heterocycles. The van der Waals surface area contributed by atoms with Crippen LogP contribution in [0.1, 0.15) is 39.0 Å². The molecule has 1 atom stereocenters. The highest BCUT2D eigenvalue weighted by Crippen LogP contribution is 2.20. The Morgan fingerprint density at radius 1 is 1.03 bits per heavy atom. The Bertz CT molecular complexity index is 1130. The van der Waals surface area contributed by atoms with E-state index >= 15 is 0 Å². The third kappa shape index (κ3) is 5.86. The summed E-state index contributed by atoms with van der Waals surface area (Å²) in [6.45, 7) is 2.51. The molecule has 11 heteroatoms. The molecule has 4 N–H and O–H groups in total. The summed E-state index contributed by atoms with van der Waals surface area (Å²) in [5.74, 6) is -1.62. The van der Waals surface area contributed by atoms with Crippen LogP contribution in [0.15, 0.2) is 48.7 Å². The molecule has 3 aromatic rings. The number of hydrogen-bond acceptors (Lipinski definition) is 7. The summed E-state index contributed by atoms with van der Waals surface area (Å²) in [6, 6.07) is 9.84. The molecule has 1 aliphatic rings. The van der Waals surface area contributed by atoms with Crippen LogP contribution in [0, 0.1) is 5.82 Å². The summed E-state index contributed by atoms with van der Waals surface area (Å²) < 4.78 is 13.9. The van der Waals surface area contributed by atoms with Gasteiger partial charge in [0.05, 0.1) is 28.0 Å². The lowest BCUT2D eigenvalue weighted by molar-refractivity contribution is 0.102. The van der Waals surface area contributed by atoms with E-state index in [1.807, 2.05) is 0 Å². The average Bonchev–Trinajstić information content (AvgIpc) is 3.11. The fraction of sp³-hybridized carbons (Fsp3) is 0.227. The van der Waals surface area contributed by atoms with Crippen molar-refractivity contribution in [3.63, 3.8) is 0 Å². The summed E-state index contributed by atoms with van der Waals surface area (Å²) >= 11 is 5.80. The molecule has 0 spiro atoms. The van der Waals surface area contributed by atoms with Gasteiger partial charge in [0.2, 0.25) is 0 Å². The fourth-order valence-corrected chi connectivity index (χ4v) is 3.41. The standard InChI is InChI=1S/C22H21ClFN7O2/c23-13-2-7-20(27-11-13)29-21(32)15-10-14(24)3-4-16(15)28-22(33)18-6-5-17(30-31-18)19-12-25-8-1-9-26-19/h2-7,10-11,19,25-26H,1,8-9,12H2,(H,28,33)(H,27,29,32). The predicted molar refractivity (Wildman–Crippen MR) is 122 cm³/mol. The minimum atomic E-state index is -0.645. The van der Waals surface area contributed by atoms with Crippen LogP contribution < -0.4 is 21.3 Å². The zero-order valence-corrected chi connectivity index (χ0v) is 18.2. The Morgan fingerprint density at radius 2 is 1.91 bits per heavy atom. The van der Waals surface area contributed by atoms with E-state index in [1.54, 1.807) is 18.2 Å². The predicted octanol–water partition coefficient (Wildman–Crippen LogP) is 2.79. The Morgan fingerprint density at radius 3 is 2.67 bits per heavy atom. The molecule has 1 saturated heterocycles. The molecule has 0 aliphatic carbocycles. The number of halogens is 2. The number of anilines is 2. The molecule has 9 nitrogen and oxygen atoms in total. The molecule has 1 fully saturated rings. The van der Waals surface area contributed by atoms with Gasteiger partial charge in [0.1, 0.15) is 11.6 Å². The Kier molecular flexibility index (Phi) is 7.18. The number of nitrogens with zero attached hydrogens (tertiary/aromatic N) is 3. The minimum Gasteiger partial charge on any atom is -0.320 e. The van der Waals surface area contributed by atoms with Crippen LogP contribution in [0.2, 0.25) is 5.02 Å². The van der Waals surface area contributed by atoms with Crippen LogP contribution in [-0.2, 0) is 0 Å². The van der Waals surface area contributed by atoms with Crippen molar-refractivity contribution in [1.29, 1.82) is 0 Å². The van der Waals surface area contributed by atoms with Gasteiger partial charge in [-0.3, -0.25) is 9.59 Å². The van der Waals surface area contributed by atoms with E-state index in [2.05, 4.69) is 36.4 Å². The molecular formula is C22H21ClFN7O2. The second-order valence-corrected chi connectivity index (χ2v) is 7.80. The molecular weight excluding hydrogens is 449 g/mol. The van der Waals surface area contributed by atoms with Crippen LogP contribution >= 0.6 is 11.6 Å². The molecule has 0 bridgehead atoms. The maximum absolute atomic E-state index is 13.9. The van der Waals surface area contributed by atoms with E-state index < -0.39 is 17.6 Å². The molecule has 2 aromatic heterocycles. The van der Waals surface area contributed by atoms with Crippen molar-refractivity contribution in [3.05, 3.63) is 76.5 Å². The lowest BCUT2D eigenvalue weighted by Gasteiger charge is -2.15. The molecule has 33 heavy (non-hydrogen) atoms. The molecule has 1 aromatic carbocycles. The number of nitrogens with one attached hydrogen (secondary N) is 4. The van der Waals surface area contributed by atoms with Gasteiger partial charge in [-0.25, -0.2) is 9.37 Å². The van der Waals surface area contributed by atoms with Crippen molar-refractivity contribution < 1.29 is 14.0 Å². The zero-order chi connectivity index (χ0) is 23.2. The molecule has 0 saturated carbocycles. The van der Waals surface area contributed by atoms with Crippen molar-refractivity contribution in [2.24, 2.45) is 0 Å². The number of rotatable bonds is 5. The molecule has 1 aliphatic heterocycles. The van der Waals surface area contributed by atoms with Crippen LogP contribution in [-0.4, -0.2) is 46.6 Å². The van der Waals surface area contributed by atoms with Crippen LogP contribution in [0.4, 0.5) is 15.9 Å². The fourth-order valence-electron chi connectivity index (χ4n) is 3.30. The molecule has 4 rings (SSSR count). The zero-order valence-electron chi connectivity index (χ0n) is 17.4. The second kappa shape index (κ2) is 10.4. The topological polar surface area (TPSA) is 121 Å². The number of amides is 2. The van der Waals surface area contributed by atoms with E-state index in [4.69, 9.17) is 11.6 Å². The van der Waals surface area contributed by atoms with Crippen molar-refractivity contribution in [3.8, 4) is 0 Å². The maximum Gasteiger partial charge on any atom is 0.276 e. The van der Waals surface area contributed by atoms with E-state index in [9.17, 15) is 14.0 Å². The first-order valence-electron chi connectivity index (χ1n) is 10.3. The van der Waals surface area contributed by atoms with Crippen molar-refractivity contribution >= 4 is 34.9 Å². The summed E-state index contributed by atoms with van der Waals surface area (Å²) in [5, 5.41) is 20.4. The monoisotopic (exact) mass is 469 g/mol. The molecule has 0 radical (unpaired) electrons. The van der Waals surface area contributed by atoms with Crippen molar-refractivity contribution in [1.82, 2.24) is 25.8 Å². The third-order valence-electron chi connectivity index (χ3n) is 4.99. The highest BCUT2D eigenvalue weighted by molar-refractivity contribution is 6.30. The number of aromatic nitrogens is 3. The highest BCUT2D eigenvalue weighted by atomic mass is 35.5. The molecule has 2 amide bonds. The van der Waals surface area contributed by atoms with Crippen molar-refractivity contribution in [2.75, 3.05) is 30.3 Å². The van der Waals surface area contributed by atoms with E-state index in [0.717, 1.165) is 43.9 Å². The van der Waals surface area contributed by atoms with Gasteiger partial charge >= 0.3 is 0 Å². The van der Waals surface area contributed by atoms with Crippen LogP contribution in [0.25, 0.3) is 0 Å². The summed E-state index contributed by atoms with van der Waals surface area (Å²) in [7, 11) is 0. The molecule has 170 valence electrons. The normalized spacial score (nSPS) is 16.0. The number of benzene rings is 1. The van der Waals surface area contributed by atoms with E-state index in [-0.39, 0.29) is 28.8 Å². The number of pyridine rings is 1. The smallest absolute Gasteiger partial charge is 0.276 e. The van der Waals surface area contributed by atoms with Gasteiger partial charge in [-0.05, 0) is 62.0 Å². The second-order valence-electron chi connectivity index (χ2n) is 7.37. The highest BCUT2D eigenvalue weighted by Gasteiger charge is 2.19. The summed E-state index contributed by atoms with van der Waals surface area (Å²) in [6.07, 6.45) is 2.39. The quantitative estimate of drug-likeness (QED) is 0.453. The Hall–Kier alpha value is -3.47. The SMILES string of the molecule is O=C(Nc1ccc(F)cc1C(=O)Nc1ccc(Cl)cn1)c1ccc(C2CNCCCN2)nn1.